The number of rotatable bonds is 2. The second-order valence-corrected chi connectivity index (χ2v) is 2.72. The molecule has 70 valence electrons. The minimum Gasteiger partial charge on any atom is -0.374 e. The summed E-state index contributed by atoms with van der Waals surface area (Å²) in [5.41, 5.74) is 0. The van der Waals surface area contributed by atoms with Crippen molar-refractivity contribution in [2.45, 2.75) is 25.4 Å². The van der Waals surface area contributed by atoms with Gasteiger partial charge in [-0.15, -0.1) is 0 Å². The van der Waals surface area contributed by atoms with Gasteiger partial charge in [-0.1, -0.05) is 0 Å². The number of alkyl halides is 3. The van der Waals surface area contributed by atoms with Gasteiger partial charge < -0.3 is 5.32 Å². The molecule has 0 aliphatic carbocycles. The summed E-state index contributed by atoms with van der Waals surface area (Å²) in [6.45, 7) is 0.691. The molecule has 0 spiro atoms. The highest BCUT2D eigenvalue weighted by Crippen LogP contribution is 2.18. The molecule has 5 heteroatoms. The maximum absolute atomic E-state index is 11.6. The molecule has 0 radical (unpaired) electrons. The molecule has 1 heterocycles. The molecule has 0 amide bonds. The largest absolute Gasteiger partial charge is 0.390 e. The molecule has 0 aromatic carbocycles. The molecule has 2 nitrogen and oxygen atoms in total. The van der Waals surface area contributed by atoms with Crippen LogP contribution >= 0.6 is 0 Å². The van der Waals surface area contributed by atoms with Crippen molar-refractivity contribution < 1.29 is 13.2 Å². The summed E-state index contributed by atoms with van der Waals surface area (Å²) in [5.74, 6) is 0.722. The minimum absolute atomic E-state index is 0.0532. The normalized spacial score (nSPS) is 17.8. The highest BCUT2D eigenvalue weighted by atomic mass is 19.4. The van der Waals surface area contributed by atoms with Crippen LogP contribution in [0.5, 0.6) is 0 Å². The Morgan fingerprint density at radius 2 is 2.17 bits per heavy atom. The first-order valence-electron chi connectivity index (χ1n) is 3.92. The standard InChI is InChI=1S/C7H11F3N2/c8-7(9,10)3-5-12-6-2-1-4-11-6/h1-5H2,(H,11,12). The average Bonchev–Trinajstić information content (AvgIpc) is 2.36. The van der Waals surface area contributed by atoms with Crippen molar-refractivity contribution in [2.75, 3.05) is 13.1 Å². The van der Waals surface area contributed by atoms with Crippen LogP contribution in [0.4, 0.5) is 13.2 Å². The van der Waals surface area contributed by atoms with Crippen LogP contribution in [0.3, 0.4) is 0 Å². The third-order valence-corrected chi connectivity index (χ3v) is 1.61. The highest BCUT2D eigenvalue weighted by Gasteiger charge is 2.26. The summed E-state index contributed by atoms with van der Waals surface area (Å²) in [6.07, 6.45) is -3.11. The van der Waals surface area contributed by atoms with Gasteiger partial charge in [0, 0.05) is 19.5 Å². The van der Waals surface area contributed by atoms with E-state index in [-0.39, 0.29) is 6.54 Å². The zero-order valence-electron chi connectivity index (χ0n) is 6.62. The molecule has 0 fully saturated rings. The van der Waals surface area contributed by atoms with Crippen LogP contribution in [0, 0.1) is 0 Å². The van der Waals surface area contributed by atoms with Gasteiger partial charge in [0.25, 0.3) is 0 Å². The second-order valence-electron chi connectivity index (χ2n) is 2.72. The molecule has 1 aliphatic rings. The van der Waals surface area contributed by atoms with Gasteiger partial charge in [0.05, 0.1) is 12.3 Å². The van der Waals surface area contributed by atoms with E-state index in [2.05, 4.69) is 10.3 Å². The van der Waals surface area contributed by atoms with Gasteiger partial charge >= 0.3 is 6.18 Å². The average molecular weight is 180 g/mol. The summed E-state index contributed by atoms with van der Waals surface area (Å²) in [6, 6.07) is 0. The molecule has 0 bridgehead atoms. The van der Waals surface area contributed by atoms with Crippen LogP contribution in [0.15, 0.2) is 4.99 Å². The van der Waals surface area contributed by atoms with Gasteiger partial charge in [-0.2, -0.15) is 13.2 Å². The fourth-order valence-electron chi connectivity index (χ4n) is 1.03. The third kappa shape index (κ3) is 3.59. The van der Waals surface area contributed by atoms with Gasteiger partial charge in [-0.05, 0) is 6.42 Å². The first kappa shape index (κ1) is 9.35. The smallest absolute Gasteiger partial charge is 0.374 e. The van der Waals surface area contributed by atoms with Gasteiger partial charge in [0.15, 0.2) is 0 Å². The Kier molecular flexibility index (Phi) is 2.94. The Morgan fingerprint density at radius 1 is 1.42 bits per heavy atom. The summed E-state index contributed by atoms with van der Waals surface area (Å²) in [5, 5.41) is 2.67. The van der Waals surface area contributed by atoms with Gasteiger partial charge in [-0.25, -0.2) is 0 Å². The fourth-order valence-corrected chi connectivity index (χ4v) is 1.03. The maximum atomic E-state index is 11.6. The molecule has 1 aliphatic heterocycles. The molecule has 0 aromatic rings. The van der Waals surface area contributed by atoms with E-state index in [9.17, 15) is 13.2 Å². The van der Waals surface area contributed by atoms with Gasteiger partial charge in [-0.3, -0.25) is 4.99 Å². The zero-order chi connectivity index (χ0) is 9.03. The first-order chi connectivity index (χ1) is 5.58. The molecule has 0 saturated carbocycles. The SMILES string of the molecule is FC(F)(F)CCNC1=NCCC1. The predicted molar refractivity (Wildman–Crippen MR) is 40.2 cm³/mol. The van der Waals surface area contributed by atoms with Crippen LogP contribution in [-0.4, -0.2) is 25.1 Å². The topological polar surface area (TPSA) is 24.4 Å². The van der Waals surface area contributed by atoms with Crippen molar-refractivity contribution in [3.8, 4) is 0 Å². The molecule has 0 unspecified atom stereocenters. The van der Waals surface area contributed by atoms with E-state index in [1.54, 1.807) is 0 Å². The maximum Gasteiger partial charge on any atom is 0.390 e. The molecular formula is C7H11F3N2. The lowest BCUT2D eigenvalue weighted by Gasteiger charge is -2.07. The minimum atomic E-state index is -4.06. The van der Waals surface area contributed by atoms with Crippen LogP contribution in [0.25, 0.3) is 0 Å². The van der Waals surface area contributed by atoms with Crippen molar-refractivity contribution >= 4 is 5.84 Å². The molecular weight excluding hydrogens is 169 g/mol. The van der Waals surface area contributed by atoms with Crippen molar-refractivity contribution in [1.82, 2.24) is 5.32 Å². The molecule has 1 rings (SSSR count). The quantitative estimate of drug-likeness (QED) is 0.687. The van der Waals surface area contributed by atoms with E-state index in [1.807, 2.05) is 0 Å². The Bertz CT molecular complexity index is 174. The number of aliphatic imine (C=N–C) groups is 1. The van der Waals surface area contributed by atoms with E-state index in [0.29, 0.717) is 0 Å². The summed E-state index contributed by atoms with van der Waals surface area (Å²) >= 11 is 0. The van der Waals surface area contributed by atoms with Crippen molar-refractivity contribution in [1.29, 1.82) is 0 Å². The predicted octanol–water partition coefficient (Wildman–Crippen LogP) is 1.72. The highest BCUT2D eigenvalue weighted by molar-refractivity contribution is 5.83. The van der Waals surface area contributed by atoms with Crippen LogP contribution < -0.4 is 5.32 Å². The number of amidine groups is 1. The number of nitrogens with zero attached hydrogens (tertiary/aromatic N) is 1. The lowest BCUT2D eigenvalue weighted by Crippen LogP contribution is -2.26. The molecule has 12 heavy (non-hydrogen) atoms. The molecule has 1 N–H and O–H groups in total. The summed E-state index contributed by atoms with van der Waals surface area (Å²) in [7, 11) is 0. The molecule has 0 saturated heterocycles. The molecule has 0 atom stereocenters. The third-order valence-electron chi connectivity index (χ3n) is 1.61. The van der Waals surface area contributed by atoms with Crippen molar-refractivity contribution in [3.05, 3.63) is 0 Å². The van der Waals surface area contributed by atoms with E-state index >= 15 is 0 Å². The van der Waals surface area contributed by atoms with Gasteiger partial charge in [0.1, 0.15) is 0 Å². The van der Waals surface area contributed by atoms with E-state index in [1.165, 1.54) is 0 Å². The van der Waals surface area contributed by atoms with Gasteiger partial charge in [0.2, 0.25) is 0 Å². The number of hydrogen-bond acceptors (Lipinski definition) is 2. The van der Waals surface area contributed by atoms with Crippen molar-refractivity contribution in [3.63, 3.8) is 0 Å². The Hall–Kier alpha value is -0.740. The number of nitrogens with one attached hydrogen (secondary N) is 1. The van der Waals surface area contributed by atoms with E-state index in [4.69, 9.17) is 0 Å². The Labute approximate surface area is 68.9 Å². The Morgan fingerprint density at radius 3 is 2.67 bits per heavy atom. The lowest BCUT2D eigenvalue weighted by molar-refractivity contribution is -0.132. The van der Waals surface area contributed by atoms with Crippen LogP contribution in [-0.2, 0) is 0 Å². The zero-order valence-corrected chi connectivity index (χ0v) is 6.62. The lowest BCUT2D eigenvalue weighted by atomic mass is 10.3. The van der Waals surface area contributed by atoms with E-state index < -0.39 is 12.6 Å². The second kappa shape index (κ2) is 3.78. The monoisotopic (exact) mass is 180 g/mol. The Balaban J connectivity index is 2.10. The fraction of sp³-hybridized carbons (Fsp3) is 0.857. The summed E-state index contributed by atoms with van der Waals surface area (Å²) in [4.78, 5) is 3.99. The van der Waals surface area contributed by atoms with E-state index in [0.717, 1.165) is 25.2 Å². The van der Waals surface area contributed by atoms with Crippen LogP contribution in [0.1, 0.15) is 19.3 Å². The van der Waals surface area contributed by atoms with Crippen molar-refractivity contribution in [2.24, 2.45) is 4.99 Å². The number of hydrogen-bond donors (Lipinski definition) is 1. The number of halogens is 3. The molecule has 0 aromatic heterocycles. The first-order valence-corrected chi connectivity index (χ1v) is 3.92. The summed E-state index contributed by atoms with van der Waals surface area (Å²) < 4.78 is 34.9. The van der Waals surface area contributed by atoms with Crippen LogP contribution in [0.2, 0.25) is 0 Å².